The summed E-state index contributed by atoms with van der Waals surface area (Å²) in [6, 6.07) is 2.84. The number of amides is 1. The molecule has 2 aromatic rings. The number of alkyl halides is 5. The van der Waals surface area contributed by atoms with Gasteiger partial charge >= 0.3 is 6.18 Å². The highest BCUT2D eigenvalue weighted by molar-refractivity contribution is 7.97. The van der Waals surface area contributed by atoms with Crippen LogP contribution in [0.5, 0.6) is 0 Å². The fourth-order valence-corrected chi connectivity index (χ4v) is 3.98. The maximum Gasteiger partial charge on any atom is 0.420 e. The average molecular weight is 447 g/mol. The third-order valence-electron chi connectivity index (χ3n) is 5.16. The Balaban J connectivity index is 1.70. The zero-order chi connectivity index (χ0) is 21.7. The first-order chi connectivity index (χ1) is 14.1. The molecule has 2 fully saturated rings. The number of pyridine rings is 1. The second-order valence-electron chi connectivity index (χ2n) is 7.65. The Morgan fingerprint density at radius 3 is 2.60 bits per heavy atom. The molecule has 0 bridgehead atoms. The summed E-state index contributed by atoms with van der Waals surface area (Å²) in [6.45, 7) is -0.172. The van der Waals surface area contributed by atoms with Crippen LogP contribution in [0.25, 0.3) is 0 Å². The molecule has 2 aliphatic carbocycles. The molecule has 2 aromatic heterocycles. The number of halogens is 5. The summed E-state index contributed by atoms with van der Waals surface area (Å²) in [6.07, 6.45) is -3.22. The minimum absolute atomic E-state index is 0.172. The molecule has 2 saturated carbocycles. The number of carbonyl (C=O) groups excluding carboxylic acids is 1. The summed E-state index contributed by atoms with van der Waals surface area (Å²) in [7, 11) is 0. The largest absolute Gasteiger partial charge is 0.420 e. The monoisotopic (exact) mass is 447 g/mol. The number of carbonyl (C=O) groups is 1. The highest BCUT2D eigenvalue weighted by atomic mass is 32.2. The van der Waals surface area contributed by atoms with Crippen molar-refractivity contribution in [3.05, 3.63) is 35.3 Å². The lowest BCUT2D eigenvalue weighted by atomic mass is 9.81. The van der Waals surface area contributed by atoms with E-state index in [4.69, 9.17) is 5.14 Å². The lowest BCUT2D eigenvalue weighted by molar-refractivity contribution is -0.138. The molecule has 0 radical (unpaired) electrons. The molecular formula is C18H18F5N5OS. The number of hydrogen-bond acceptors (Lipinski definition) is 5. The number of nitrogens with one attached hydrogen (secondary N) is 1. The van der Waals surface area contributed by atoms with E-state index in [1.807, 2.05) is 0 Å². The molecule has 3 N–H and O–H groups in total. The SMILES string of the molecule is NSc1cc(NC(=O)c2c(C(F)(F)F)c(C3CC3)nn2CC2CC(F)(F)C2)ccn1. The first kappa shape index (κ1) is 21.0. The van der Waals surface area contributed by atoms with Crippen LogP contribution in [-0.2, 0) is 12.7 Å². The van der Waals surface area contributed by atoms with Gasteiger partial charge in [-0.15, -0.1) is 0 Å². The minimum Gasteiger partial charge on any atom is -0.320 e. The van der Waals surface area contributed by atoms with Crippen molar-refractivity contribution in [1.82, 2.24) is 14.8 Å². The molecule has 6 nitrogen and oxygen atoms in total. The van der Waals surface area contributed by atoms with Crippen LogP contribution in [0.4, 0.5) is 27.6 Å². The van der Waals surface area contributed by atoms with Crippen molar-refractivity contribution in [1.29, 1.82) is 0 Å². The molecule has 1 amide bonds. The third kappa shape index (κ3) is 4.29. The lowest BCUT2D eigenvalue weighted by Crippen LogP contribution is -2.38. The number of aromatic nitrogens is 3. The van der Waals surface area contributed by atoms with E-state index in [1.165, 1.54) is 18.3 Å². The molecular weight excluding hydrogens is 429 g/mol. The summed E-state index contributed by atoms with van der Waals surface area (Å²) in [5.74, 6) is -4.74. The van der Waals surface area contributed by atoms with Crippen molar-refractivity contribution >= 4 is 23.5 Å². The van der Waals surface area contributed by atoms with Gasteiger partial charge in [0.1, 0.15) is 16.3 Å². The quantitative estimate of drug-likeness (QED) is 0.505. The van der Waals surface area contributed by atoms with E-state index >= 15 is 0 Å². The van der Waals surface area contributed by atoms with E-state index in [2.05, 4.69) is 15.4 Å². The molecule has 4 rings (SSSR count). The fraction of sp³-hybridized carbons (Fsp3) is 0.500. The normalized spacial score (nSPS) is 18.9. The highest BCUT2D eigenvalue weighted by Gasteiger charge is 2.48. The van der Waals surface area contributed by atoms with Crippen molar-refractivity contribution in [3.8, 4) is 0 Å². The van der Waals surface area contributed by atoms with Crippen molar-refractivity contribution in [3.63, 3.8) is 0 Å². The van der Waals surface area contributed by atoms with E-state index in [-0.39, 0.29) is 23.8 Å². The van der Waals surface area contributed by atoms with Gasteiger partial charge in [-0.3, -0.25) is 14.6 Å². The maximum atomic E-state index is 13.9. The van der Waals surface area contributed by atoms with E-state index < -0.39 is 48.0 Å². The number of nitrogens with two attached hydrogens (primary N) is 1. The molecule has 0 spiro atoms. The molecule has 0 aromatic carbocycles. The van der Waals surface area contributed by atoms with Gasteiger partial charge in [0, 0.05) is 37.2 Å². The standard InChI is InChI=1S/C18H18F5N5OS/c19-17(20)6-9(7-17)8-28-15(13(18(21,22)23)14(27-28)10-1-2-10)16(29)26-11-3-4-25-12(5-11)30-24/h3-5,9-10H,1-2,6-8,24H2,(H,25,26,29). The molecule has 0 aliphatic heterocycles. The third-order valence-corrected chi connectivity index (χ3v) is 5.63. The first-order valence-corrected chi connectivity index (χ1v) is 10.2. The highest BCUT2D eigenvalue weighted by Crippen LogP contribution is 2.48. The van der Waals surface area contributed by atoms with E-state index in [1.54, 1.807) is 0 Å². The Bertz CT molecular complexity index is 964. The van der Waals surface area contributed by atoms with Gasteiger partial charge in [-0.05, 0) is 42.8 Å². The van der Waals surface area contributed by atoms with Gasteiger partial charge in [0.25, 0.3) is 5.91 Å². The molecule has 0 unspecified atom stereocenters. The van der Waals surface area contributed by atoms with Gasteiger partial charge in [-0.25, -0.2) is 13.8 Å². The van der Waals surface area contributed by atoms with E-state index in [0.29, 0.717) is 17.9 Å². The van der Waals surface area contributed by atoms with Crippen molar-refractivity contribution < 1.29 is 26.7 Å². The van der Waals surface area contributed by atoms with Crippen LogP contribution in [0.15, 0.2) is 23.4 Å². The Kier molecular flexibility index (Phi) is 5.25. The summed E-state index contributed by atoms with van der Waals surface area (Å²) in [4.78, 5) is 16.8. The maximum absolute atomic E-state index is 13.9. The second-order valence-corrected chi connectivity index (χ2v) is 8.30. The Hall–Kier alpha value is -2.21. The molecule has 30 heavy (non-hydrogen) atoms. The number of rotatable bonds is 6. The number of hydrogen-bond donors (Lipinski definition) is 2. The van der Waals surface area contributed by atoms with Crippen LogP contribution in [0.2, 0.25) is 0 Å². The lowest BCUT2D eigenvalue weighted by Gasteiger charge is -2.35. The molecule has 2 aliphatic rings. The smallest absolute Gasteiger partial charge is 0.320 e. The Morgan fingerprint density at radius 2 is 2.03 bits per heavy atom. The molecule has 12 heteroatoms. The van der Waals surface area contributed by atoms with E-state index in [0.717, 1.165) is 16.6 Å². The predicted molar refractivity (Wildman–Crippen MR) is 99.1 cm³/mol. The fourth-order valence-electron chi connectivity index (χ4n) is 3.67. The van der Waals surface area contributed by atoms with Gasteiger partial charge in [-0.2, -0.15) is 18.3 Å². The van der Waals surface area contributed by atoms with Gasteiger partial charge in [0.05, 0.1) is 5.69 Å². The molecule has 162 valence electrons. The van der Waals surface area contributed by atoms with E-state index in [9.17, 15) is 26.7 Å². The Labute approximate surface area is 172 Å². The topological polar surface area (TPSA) is 85.8 Å². The Morgan fingerprint density at radius 1 is 1.33 bits per heavy atom. The van der Waals surface area contributed by atoms with Crippen LogP contribution in [0.3, 0.4) is 0 Å². The minimum atomic E-state index is -4.80. The van der Waals surface area contributed by atoms with Crippen molar-refractivity contribution in [2.75, 3.05) is 5.32 Å². The number of nitrogens with zero attached hydrogens (tertiary/aromatic N) is 3. The zero-order valence-corrected chi connectivity index (χ0v) is 16.4. The van der Waals surface area contributed by atoms with Gasteiger partial charge < -0.3 is 5.32 Å². The van der Waals surface area contributed by atoms with Crippen molar-refractivity contribution in [2.24, 2.45) is 11.1 Å². The second kappa shape index (κ2) is 7.49. The summed E-state index contributed by atoms with van der Waals surface area (Å²) >= 11 is 0.821. The number of anilines is 1. The first-order valence-electron chi connectivity index (χ1n) is 9.27. The van der Waals surface area contributed by atoms with Crippen LogP contribution >= 0.6 is 11.9 Å². The van der Waals surface area contributed by atoms with Crippen LogP contribution < -0.4 is 10.5 Å². The van der Waals surface area contributed by atoms with Crippen molar-refractivity contribution in [2.45, 2.75) is 55.3 Å². The van der Waals surface area contributed by atoms with Gasteiger partial charge in [-0.1, -0.05) is 0 Å². The molecule has 0 saturated heterocycles. The zero-order valence-electron chi connectivity index (χ0n) is 15.5. The predicted octanol–water partition coefficient (Wildman–Crippen LogP) is 4.44. The average Bonchev–Trinajstić information content (AvgIpc) is 3.40. The summed E-state index contributed by atoms with van der Waals surface area (Å²) in [5, 5.41) is 12.3. The summed E-state index contributed by atoms with van der Waals surface area (Å²) < 4.78 is 69.1. The summed E-state index contributed by atoms with van der Waals surface area (Å²) in [5.41, 5.74) is -1.71. The van der Waals surface area contributed by atoms with Gasteiger partial charge in [0.15, 0.2) is 0 Å². The van der Waals surface area contributed by atoms with Gasteiger partial charge in [0.2, 0.25) is 5.92 Å². The van der Waals surface area contributed by atoms with Crippen LogP contribution in [0.1, 0.15) is 53.3 Å². The molecule has 2 heterocycles. The van der Waals surface area contributed by atoms with Crippen LogP contribution in [-0.4, -0.2) is 26.6 Å². The molecule has 0 atom stereocenters. The van der Waals surface area contributed by atoms with Crippen LogP contribution in [0, 0.1) is 5.92 Å².